The number of hydrogen-bond acceptors (Lipinski definition) is 3. The number of carbonyl (C=O) groups excluding carboxylic acids is 1. The molecule has 1 aromatic rings. The van der Waals surface area contributed by atoms with Crippen LogP contribution in [-0.2, 0) is 0 Å². The van der Waals surface area contributed by atoms with E-state index in [1.807, 2.05) is 20.8 Å². The van der Waals surface area contributed by atoms with Gasteiger partial charge in [-0.3, -0.25) is 9.78 Å². The van der Waals surface area contributed by atoms with Crippen molar-refractivity contribution in [3.8, 4) is 6.07 Å². The van der Waals surface area contributed by atoms with Crippen molar-refractivity contribution in [1.29, 1.82) is 5.26 Å². The summed E-state index contributed by atoms with van der Waals surface area (Å²) in [6.45, 7) is 7.47. The highest BCUT2D eigenvalue weighted by molar-refractivity contribution is 5.95. The number of hydrogen-bond donors (Lipinski definition) is 1. The topological polar surface area (TPSA) is 65.8 Å². The number of nitriles is 1. The second-order valence-electron chi connectivity index (χ2n) is 4.44. The van der Waals surface area contributed by atoms with Crippen LogP contribution in [0, 0.1) is 25.2 Å². The van der Waals surface area contributed by atoms with Gasteiger partial charge in [0.05, 0.1) is 17.3 Å². The van der Waals surface area contributed by atoms with E-state index in [1.54, 1.807) is 19.1 Å². The van der Waals surface area contributed by atoms with Crippen LogP contribution in [0.15, 0.2) is 12.1 Å². The van der Waals surface area contributed by atoms with Gasteiger partial charge in [-0.15, -0.1) is 0 Å². The zero-order valence-electron chi connectivity index (χ0n) is 11.4. The maximum atomic E-state index is 12.2. The fourth-order valence-corrected chi connectivity index (χ4v) is 1.82. The van der Waals surface area contributed by atoms with Crippen molar-refractivity contribution in [2.24, 2.45) is 0 Å². The quantitative estimate of drug-likeness (QED) is 0.886. The van der Waals surface area contributed by atoms with Gasteiger partial charge in [0.15, 0.2) is 0 Å². The van der Waals surface area contributed by atoms with Crippen LogP contribution >= 0.6 is 0 Å². The fourth-order valence-electron chi connectivity index (χ4n) is 1.82. The molecule has 1 aromatic heterocycles. The molecule has 0 saturated carbocycles. The predicted molar refractivity (Wildman–Crippen MR) is 70.1 cm³/mol. The molecule has 0 aromatic carbocycles. The van der Waals surface area contributed by atoms with Crippen molar-refractivity contribution in [3.63, 3.8) is 0 Å². The molecule has 0 atom stereocenters. The van der Waals surface area contributed by atoms with Crippen LogP contribution in [0.25, 0.3) is 0 Å². The third-order valence-corrected chi connectivity index (χ3v) is 3.24. The van der Waals surface area contributed by atoms with Crippen LogP contribution in [0.3, 0.4) is 0 Å². The van der Waals surface area contributed by atoms with Crippen LogP contribution < -0.4 is 5.32 Å². The molecule has 0 saturated heterocycles. The molecule has 18 heavy (non-hydrogen) atoms. The summed E-state index contributed by atoms with van der Waals surface area (Å²) in [7, 11) is 0. The van der Waals surface area contributed by atoms with E-state index in [1.165, 1.54) is 0 Å². The van der Waals surface area contributed by atoms with Crippen molar-refractivity contribution < 1.29 is 4.79 Å². The van der Waals surface area contributed by atoms with Crippen molar-refractivity contribution >= 4 is 5.91 Å². The highest BCUT2D eigenvalue weighted by Crippen LogP contribution is 2.16. The first-order chi connectivity index (χ1) is 8.48. The largest absolute Gasteiger partial charge is 0.334 e. The van der Waals surface area contributed by atoms with Gasteiger partial charge in [0.25, 0.3) is 5.91 Å². The molecule has 1 heterocycles. The first kappa shape index (κ1) is 14.2. The molecule has 1 amide bonds. The van der Waals surface area contributed by atoms with E-state index in [4.69, 9.17) is 0 Å². The van der Waals surface area contributed by atoms with Gasteiger partial charge in [-0.1, -0.05) is 13.8 Å². The molecule has 4 heteroatoms. The number of amides is 1. The Bertz CT molecular complexity index is 484. The number of carbonyl (C=O) groups is 1. The minimum absolute atomic E-state index is 0.231. The maximum absolute atomic E-state index is 12.2. The zero-order chi connectivity index (χ0) is 13.8. The molecule has 0 bridgehead atoms. The summed E-state index contributed by atoms with van der Waals surface area (Å²) in [6.07, 6.45) is 1.17. The summed E-state index contributed by atoms with van der Waals surface area (Å²) in [5.41, 5.74) is 1.31. The number of aryl methyl sites for hydroxylation is 2. The number of rotatable bonds is 4. The van der Waals surface area contributed by atoms with E-state index in [-0.39, 0.29) is 5.91 Å². The monoisotopic (exact) mass is 245 g/mol. The van der Waals surface area contributed by atoms with Gasteiger partial charge in [0.2, 0.25) is 0 Å². The molecule has 0 aliphatic rings. The highest BCUT2D eigenvalue weighted by Gasteiger charge is 2.28. The van der Waals surface area contributed by atoms with Gasteiger partial charge in [-0.05, 0) is 38.8 Å². The molecule has 4 nitrogen and oxygen atoms in total. The van der Waals surface area contributed by atoms with Crippen molar-refractivity contribution in [2.75, 3.05) is 0 Å². The van der Waals surface area contributed by atoms with Crippen LogP contribution in [0.2, 0.25) is 0 Å². The fraction of sp³-hybridized carbons (Fsp3) is 0.500. The summed E-state index contributed by atoms with van der Waals surface area (Å²) in [5.74, 6) is -0.231. The second kappa shape index (κ2) is 5.63. The Balaban J connectivity index is 2.99. The Labute approximate surface area is 108 Å². The van der Waals surface area contributed by atoms with Crippen LogP contribution in [0.4, 0.5) is 0 Å². The van der Waals surface area contributed by atoms with E-state index in [2.05, 4.69) is 16.4 Å². The molecule has 0 radical (unpaired) electrons. The van der Waals surface area contributed by atoms with Gasteiger partial charge in [0, 0.05) is 5.69 Å². The SMILES string of the molecule is CCC(C#N)(CC)NC(=O)c1ccc(C)nc1C. The van der Waals surface area contributed by atoms with Crippen LogP contribution in [-0.4, -0.2) is 16.4 Å². The molecule has 0 spiro atoms. The lowest BCUT2D eigenvalue weighted by Gasteiger charge is -2.25. The smallest absolute Gasteiger partial charge is 0.254 e. The van der Waals surface area contributed by atoms with Gasteiger partial charge >= 0.3 is 0 Å². The number of aromatic nitrogens is 1. The second-order valence-corrected chi connectivity index (χ2v) is 4.44. The Hall–Kier alpha value is -1.89. The number of nitrogens with zero attached hydrogens (tertiary/aromatic N) is 2. The molecule has 0 aliphatic carbocycles. The van der Waals surface area contributed by atoms with E-state index < -0.39 is 5.54 Å². The molecular formula is C14H19N3O. The number of pyridine rings is 1. The molecule has 96 valence electrons. The van der Waals surface area contributed by atoms with E-state index >= 15 is 0 Å². The Morgan fingerprint density at radius 2 is 2.00 bits per heavy atom. The molecule has 0 aliphatic heterocycles. The third-order valence-electron chi connectivity index (χ3n) is 3.24. The molecule has 0 fully saturated rings. The van der Waals surface area contributed by atoms with Crippen LogP contribution in [0.1, 0.15) is 48.4 Å². The molecule has 0 unspecified atom stereocenters. The predicted octanol–water partition coefficient (Wildman–Crippen LogP) is 2.51. The van der Waals surface area contributed by atoms with E-state index in [0.29, 0.717) is 24.1 Å². The lowest BCUT2D eigenvalue weighted by Crippen LogP contribution is -2.46. The summed E-state index contributed by atoms with van der Waals surface area (Å²) >= 11 is 0. The maximum Gasteiger partial charge on any atom is 0.254 e. The average molecular weight is 245 g/mol. The molecule has 1 rings (SSSR count). The Morgan fingerprint density at radius 3 is 2.44 bits per heavy atom. The first-order valence-corrected chi connectivity index (χ1v) is 6.16. The van der Waals surface area contributed by atoms with Gasteiger partial charge in [-0.2, -0.15) is 5.26 Å². The summed E-state index contributed by atoms with van der Waals surface area (Å²) in [6, 6.07) is 5.74. The van der Waals surface area contributed by atoms with Gasteiger partial charge < -0.3 is 5.32 Å². The standard InChI is InChI=1S/C14H19N3O/c1-5-14(6-2,9-15)17-13(18)12-8-7-10(3)16-11(12)4/h7-8H,5-6H2,1-4H3,(H,17,18). The van der Waals surface area contributed by atoms with Gasteiger partial charge in [-0.25, -0.2) is 0 Å². The summed E-state index contributed by atoms with van der Waals surface area (Å²) in [4.78, 5) is 16.4. The Kier molecular flexibility index (Phi) is 4.43. The molecule has 1 N–H and O–H groups in total. The van der Waals surface area contributed by atoms with Crippen molar-refractivity contribution in [2.45, 2.75) is 46.1 Å². The van der Waals surface area contributed by atoms with E-state index in [0.717, 1.165) is 5.69 Å². The lowest BCUT2D eigenvalue weighted by molar-refractivity contribution is 0.0914. The van der Waals surface area contributed by atoms with E-state index in [9.17, 15) is 10.1 Å². The summed E-state index contributed by atoms with van der Waals surface area (Å²) < 4.78 is 0. The highest BCUT2D eigenvalue weighted by atomic mass is 16.1. The van der Waals surface area contributed by atoms with Crippen molar-refractivity contribution in [1.82, 2.24) is 10.3 Å². The van der Waals surface area contributed by atoms with Gasteiger partial charge in [0.1, 0.15) is 5.54 Å². The third kappa shape index (κ3) is 2.86. The zero-order valence-corrected chi connectivity index (χ0v) is 11.4. The first-order valence-electron chi connectivity index (χ1n) is 6.16. The normalized spacial score (nSPS) is 10.8. The summed E-state index contributed by atoms with van der Waals surface area (Å²) in [5, 5.41) is 12.0. The minimum Gasteiger partial charge on any atom is -0.334 e. The minimum atomic E-state index is -0.783. The van der Waals surface area contributed by atoms with Crippen LogP contribution in [0.5, 0.6) is 0 Å². The average Bonchev–Trinajstić information content (AvgIpc) is 2.36. The Morgan fingerprint density at radius 1 is 1.39 bits per heavy atom. The lowest BCUT2D eigenvalue weighted by atomic mass is 9.94. The number of nitrogens with one attached hydrogen (secondary N) is 1. The molecular weight excluding hydrogens is 226 g/mol. The van der Waals surface area contributed by atoms with Crippen molar-refractivity contribution in [3.05, 3.63) is 29.1 Å².